The Morgan fingerprint density at radius 3 is 2.12 bits per heavy atom. The maximum absolute atomic E-state index is 11.3. The molecule has 0 amide bonds. The van der Waals surface area contributed by atoms with E-state index in [2.05, 4.69) is 12.2 Å². The van der Waals surface area contributed by atoms with Crippen LogP contribution in [0.3, 0.4) is 0 Å². The quantitative estimate of drug-likeness (QED) is 0.881. The maximum atomic E-state index is 11.3. The average Bonchev–Trinajstić information content (AvgIpc) is 2.15. The minimum absolute atomic E-state index is 0.201. The van der Waals surface area contributed by atoms with Crippen molar-refractivity contribution in [2.24, 2.45) is 0 Å². The molecule has 1 aromatic rings. The lowest BCUT2D eigenvalue weighted by molar-refractivity contribution is 0.306. The van der Waals surface area contributed by atoms with Crippen LogP contribution >= 0.6 is 0 Å². The highest BCUT2D eigenvalue weighted by molar-refractivity contribution is 7.90. The first kappa shape index (κ1) is 11.5. The summed E-state index contributed by atoms with van der Waals surface area (Å²) in [6.07, 6.45) is 4.86. The standard InChI is InChI=1S/C12H17NO2S/c1-12(8-3-9-12)13-10-4-6-11(7-5-10)16(2,14)15/h4-7,13H,3,8-9H2,1-2H3. The molecule has 0 bridgehead atoms. The van der Waals surface area contributed by atoms with E-state index in [0.29, 0.717) is 4.90 Å². The molecule has 1 aliphatic rings. The topological polar surface area (TPSA) is 46.2 Å². The van der Waals surface area contributed by atoms with Gasteiger partial charge in [-0.1, -0.05) is 0 Å². The zero-order valence-corrected chi connectivity index (χ0v) is 10.5. The molecular formula is C12H17NO2S. The highest BCUT2D eigenvalue weighted by Crippen LogP contribution is 2.34. The number of sulfone groups is 1. The molecule has 0 unspecified atom stereocenters. The van der Waals surface area contributed by atoms with Gasteiger partial charge in [-0.05, 0) is 50.5 Å². The summed E-state index contributed by atoms with van der Waals surface area (Å²) in [5.74, 6) is 0. The van der Waals surface area contributed by atoms with Gasteiger partial charge in [-0.3, -0.25) is 0 Å². The molecule has 16 heavy (non-hydrogen) atoms. The summed E-state index contributed by atoms with van der Waals surface area (Å²) in [5, 5.41) is 3.44. The summed E-state index contributed by atoms with van der Waals surface area (Å²) in [5.41, 5.74) is 1.20. The lowest BCUT2D eigenvalue weighted by Crippen LogP contribution is -2.41. The number of hydrogen-bond acceptors (Lipinski definition) is 3. The van der Waals surface area contributed by atoms with Crippen molar-refractivity contribution in [1.29, 1.82) is 0 Å². The predicted molar refractivity (Wildman–Crippen MR) is 65.4 cm³/mol. The molecule has 1 fully saturated rings. The summed E-state index contributed by atoms with van der Waals surface area (Å²) in [6, 6.07) is 6.97. The fourth-order valence-electron chi connectivity index (χ4n) is 1.97. The van der Waals surface area contributed by atoms with Crippen molar-refractivity contribution >= 4 is 15.5 Å². The summed E-state index contributed by atoms with van der Waals surface area (Å²) in [6.45, 7) is 2.20. The van der Waals surface area contributed by atoms with Crippen molar-refractivity contribution < 1.29 is 8.42 Å². The number of nitrogens with one attached hydrogen (secondary N) is 1. The van der Waals surface area contributed by atoms with Crippen molar-refractivity contribution in [2.75, 3.05) is 11.6 Å². The van der Waals surface area contributed by atoms with E-state index >= 15 is 0 Å². The van der Waals surface area contributed by atoms with Gasteiger partial charge in [-0.15, -0.1) is 0 Å². The summed E-state index contributed by atoms with van der Waals surface area (Å²) in [4.78, 5) is 0.372. The number of anilines is 1. The van der Waals surface area contributed by atoms with Crippen molar-refractivity contribution in [3.63, 3.8) is 0 Å². The van der Waals surface area contributed by atoms with E-state index in [1.807, 2.05) is 12.1 Å². The van der Waals surface area contributed by atoms with Crippen LogP contribution in [-0.2, 0) is 9.84 Å². The molecule has 3 nitrogen and oxygen atoms in total. The Labute approximate surface area is 96.8 Å². The predicted octanol–water partition coefficient (Wildman–Crippen LogP) is 2.44. The summed E-state index contributed by atoms with van der Waals surface area (Å²) < 4.78 is 22.6. The molecule has 0 spiro atoms. The molecule has 1 aliphatic carbocycles. The Balaban J connectivity index is 2.14. The third kappa shape index (κ3) is 2.38. The van der Waals surface area contributed by atoms with Crippen LogP contribution in [0.5, 0.6) is 0 Å². The van der Waals surface area contributed by atoms with Gasteiger partial charge in [-0.25, -0.2) is 8.42 Å². The van der Waals surface area contributed by atoms with Crippen LogP contribution in [0.2, 0.25) is 0 Å². The SMILES string of the molecule is CC1(Nc2ccc(S(C)(=O)=O)cc2)CCC1. The second-order valence-corrected chi connectivity index (χ2v) is 6.85. The Bertz CT molecular complexity index is 472. The van der Waals surface area contributed by atoms with Gasteiger partial charge >= 0.3 is 0 Å². The van der Waals surface area contributed by atoms with Crippen LogP contribution in [0.15, 0.2) is 29.2 Å². The van der Waals surface area contributed by atoms with Crippen LogP contribution in [0.1, 0.15) is 26.2 Å². The van der Waals surface area contributed by atoms with E-state index < -0.39 is 9.84 Å². The summed E-state index contributed by atoms with van der Waals surface area (Å²) in [7, 11) is -3.08. The van der Waals surface area contributed by atoms with E-state index in [0.717, 1.165) is 5.69 Å². The number of benzene rings is 1. The van der Waals surface area contributed by atoms with Crippen LogP contribution in [0, 0.1) is 0 Å². The van der Waals surface area contributed by atoms with Gasteiger partial charge in [0.2, 0.25) is 0 Å². The van der Waals surface area contributed by atoms with Crippen LogP contribution < -0.4 is 5.32 Å². The van der Waals surface area contributed by atoms with Gasteiger partial charge in [0.25, 0.3) is 0 Å². The van der Waals surface area contributed by atoms with Gasteiger partial charge in [-0.2, -0.15) is 0 Å². The minimum atomic E-state index is -3.08. The second kappa shape index (κ2) is 3.77. The highest BCUT2D eigenvalue weighted by atomic mass is 32.2. The average molecular weight is 239 g/mol. The highest BCUT2D eigenvalue weighted by Gasteiger charge is 2.31. The van der Waals surface area contributed by atoms with Crippen molar-refractivity contribution in [3.05, 3.63) is 24.3 Å². The van der Waals surface area contributed by atoms with Gasteiger partial charge < -0.3 is 5.32 Å². The molecule has 1 saturated carbocycles. The first-order valence-electron chi connectivity index (χ1n) is 5.47. The fraction of sp³-hybridized carbons (Fsp3) is 0.500. The van der Waals surface area contributed by atoms with E-state index in [1.54, 1.807) is 12.1 Å². The molecule has 4 heteroatoms. The molecule has 0 aromatic heterocycles. The number of hydrogen-bond donors (Lipinski definition) is 1. The molecule has 1 N–H and O–H groups in total. The second-order valence-electron chi connectivity index (χ2n) is 4.84. The number of rotatable bonds is 3. The maximum Gasteiger partial charge on any atom is 0.175 e. The van der Waals surface area contributed by atoms with Gasteiger partial charge in [0.1, 0.15) is 0 Å². The Morgan fingerprint density at radius 2 is 1.75 bits per heavy atom. The van der Waals surface area contributed by atoms with Crippen molar-refractivity contribution in [1.82, 2.24) is 0 Å². The minimum Gasteiger partial charge on any atom is -0.380 e. The van der Waals surface area contributed by atoms with E-state index in [1.165, 1.54) is 25.5 Å². The van der Waals surface area contributed by atoms with Crippen LogP contribution in [-0.4, -0.2) is 20.2 Å². The Hall–Kier alpha value is -1.03. The molecule has 0 radical (unpaired) electrons. The molecular weight excluding hydrogens is 222 g/mol. The van der Waals surface area contributed by atoms with Gasteiger partial charge in [0, 0.05) is 17.5 Å². The first-order chi connectivity index (χ1) is 7.39. The monoisotopic (exact) mass is 239 g/mol. The molecule has 0 atom stereocenters. The smallest absolute Gasteiger partial charge is 0.175 e. The van der Waals surface area contributed by atoms with Gasteiger partial charge in [0.05, 0.1) is 4.90 Å². The zero-order chi connectivity index (χ0) is 11.8. The molecule has 0 aliphatic heterocycles. The zero-order valence-electron chi connectivity index (χ0n) is 9.66. The third-order valence-corrected chi connectivity index (χ3v) is 4.31. The molecule has 1 aromatic carbocycles. The Morgan fingerprint density at radius 1 is 1.19 bits per heavy atom. The van der Waals surface area contributed by atoms with Crippen molar-refractivity contribution in [2.45, 2.75) is 36.6 Å². The molecule has 88 valence electrons. The molecule has 0 heterocycles. The lowest BCUT2D eigenvalue weighted by atomic mass is 9.78. The van der Waals surface area contributed by atoms with Crippen molar-refractivity contribution in [3.8, 4) is 0 Å². The Kier molecular flexibility index (Phi) is 2.70. The third-order valence-electron chi connectivity index (χ3n) is 3.19. The van der Waals surface area contributed by atoms with E-state index in [-0.39, 0.29) is 5.54 Å². The molecule has 2 rings (SSSR count). The molecule has 0 saturated heterocycles. The van der Waals surface area contributed by atoms with Crippen LogP contribution in [0.25, 0.3) is 0 Å². The normalized spacial score (nSPS) is 18.9. The van der Waals surface area contributed by atoms with Gasteiger partial charge in [0.15, 0.2) is 9.84 Å². The fourth-order valence-corrected chi connectivity index (χ4v) is 2.60. The largest absolute Gasteiger partial charge is 0.380 e. The lowest BCUT2D eigenvalue weighted by Gasteiger charge is -2.40. The van der Waals surface area contributed by atoms with E-state index in [9.17, 15) is 8.42 Å². The summed E-state index contributed by atoms with van der Waals surface area (Å²) >= 11 is 0. The van der Waals surface area contributed by atoms with E-state index in [4.69, 9.17) is 0 Å². The first-order valence-corrected chi connectivity index (χ1v) is 7.37. The van der Waals surface area contributed by atoms with Crippen LogP contribution in [0.4, 0.5) is 5.69 Å².